The van der Waals surface area contributed by atoms with Crippen molar-refractivity contribution in [3.05, 3.63) is 107 Å². The molecule has 8 rings (SSSR count). The molecule has 1 aliphatic carbocycles. The van der Waals surface area contributed by atoms with Gasteiger partial charge in [0.05, 0.1) is 6.10 Å². The van der Waals surface area contributed by atoms with Crippen molar-refractivity contribution in [1.29, 1.82) is 0 Å². The van der Waals surface area contributed by atoms with Crippen molar-refractivity contribution in [1.82, 2.24) is 0 Å². The van der Waals surface area contributed by atoms with E-state index in [-0.39, 0.29) is 11.5 Å². The number of fused-ring (bicyclic) bond motifs is 7. The second kappa shape index (κ2) is 11.6. The lowest BCUT2D eigenvalue weighted by Gasteiger charge is -2.35. The molecule has 0 saturated carbocycles. The van der Waals surface area contributed by atoms with Crippen molar-refractivity contribution in [3.8, 4) is 0 Å². The summed E-state index contributed by atoms with van der Waals surface area (Å²) in [5, 5.41) is 18.0. The van der Waals surface area contributed by atoms with Gasteiger partial charge < -0.3 is 13.6 Å². The third-order valence-electron chi connectivity index (χ3n) is 11.0. The molecule has 0 aliphatic heterocycles. The molecule has 0 saturated heterocycles. The van der Waals surface area contributed by atoms with Crippen molar-refractivity contribution >= 4 is 85.3 Å². The predicted molar refractivity (Wildman–Crippen MR) is 203 cm³/mol. The SMILES string of the molecule is COC(CCC[Si](C)(OC)OC)C1(C)C=c2cc3cc4cc5cc6cc7cc8ccccc8cc7cc6cc5cc4cc3cc2=CC1. The Kier molecular flexibility index (Phi) is 7.45. The minimum atomic E-state index is -2.09. The van der Waals surface area contributed by atoms with Gasteiger partial charge in [-0.1, -0.05) is 43.3 Å². The lowest BCUT2D eigenvalue weighted by molar-refractivity contribution is 0.0253. The van der Waals surface area contributed by atoms with Gasteiger partial charge >= 0.3 is 8.56 Å². The van der Waals surface area contributed by atoms with Crippen LogP contribution in [0.5, 0.6) is 0 Å². The fourth-order valence-corrected chi connectivity index (χ4v) is 9.34. The number of hydrogen-bond donors (Lipinski definition) is 0. The average molecular weight is 635 g/mol. The highest BCUT2D eigenvalue weighted by Gasteiger charge is 2.34. The zero-order valence-corrected chi connectivity index (χ0v) is 29.0. The van der Waals surface area contributed by atoms with Gasteiger partial charge in [0.2, 0.25) is 0 Å². The summed E-state index contributed by atoms with van der Waals surface area (Å²) >= 11 is 0. The van der Waals surface area contributed by atoms with Gasteiger partial charge in [-0.2, -0.15) is 0 Å². The Morgan fingerprint density at radius 1 is 0.596 bits per heavy atom. The quantitative estimate of drug-likeness (QED) is 0.123. The van der Waals surface area contributed by atoms with Gasteiger partial charge in [-0.15, -0.1) is 0 Å². The van der Waals surface area contributed by atoms with Crippen LogP contribution in [0.25, 0.3) is 76.8 Å². The Balaban J connectivity index is 1.17. The molecule has 236 valence electrons. The first-order valence-electron chi connectivity index (χ1n) is 16.8. The summed E-state index contributed by atoms with van der Waals surface area (Å²) in [4.78, 5) is 0. The van der Waals surface area contributed by atoms with E-state index in [0.717, 1.165) is 25.3 Å². The number of benzene rings is 7. The van der Waals surface area contributed by atoms with Gasteiger partial charge in [0.15, 0.2) is 0 Å². The zero-order chi connectivity index (χ0) is 32.3. The molecule has 2 atom stereocenters. The highest BCUT2D eigenvalue weighted by atomic mass is 28.4. The highest BCUT2D eigenvalue weighted by Crippen LogP contribution is 2.36. The molecule has 0 N–H and O–H groups in total. The first-order valence-corrected chi connectivity index (χ1v) is 19.3. The number of methoxy groups -OCH3 is 1. The summed E-state index contributed by atoms with van der Waals surface area (Å²) in [6, 6.07) is 37.9. The lowest BCUT2D eigenvalue weighted by atomic mass is 9.75. The van der Waals surface area contributed by atoms with Crippen LogP contribution in [0.1, 0.15) is 26.2 Å². The van der Waals surface area contributed by atoms with Crippen LogP contribution in [-0.2, 0) is 13.6 Å². The minimum Gasteiger partial charge on any atom is -0.398 e. The van der Waals surface area contributed by atoms with Crippen molar-refractivity contribution in [3.63, 3.8) is 0 Å². The highest BCUT2D eigenvalue weighted by molar-refractivity contribution is 6.65. The van der Waals surface area contributed by atoms with E-state index in [0.29, 0.717) is 0 Å². The predicted octanol–water partition coefficient (Wildman–Crippen LogP) is 9.74. The standard InChI is InChI=1S/C43H42O3Si/c1-43(42(44-2)11-8-14-47(5,45-3)46-4)13-12-30-17-33-20-36-23-37-21-34-18-31-15-28-9-6-7-10-29(28)16-32(31)19-35(34)22-38(37)24-39(36)25-40(33)26-41(30)27-43/h6-7,9-10,12,15-27,42H,8,11,13-14H2,1-5H3. The van der Waals surface area contributed by atoms with E-state index >= 15 is 0 Å². The summed E-state index contributed by atoms with van der Waals surface area (Å²) in [5.41, 5.74) is -0.0713. The van der Waals surface area contributed by atoms with Gasteiger partial charge in [-0.3, -0.25) is 0 Å². The fraction of sp³-hybridized carbons (Fsp3) is 0.256. The molecule has 0 heterocycles. The van der Waals surface area contributed by atoms with E-state index in [1.807, 2.05) is 7.11 Å². The third kappa shape index (κ3) is 5.43. The van der Waals surface area contributed by atoms with E-state index in [1.165, 1.54) is 75.1 Å². The Labute approximate surface area is 277 Å². The Morgan fingerprint density at radius 3 is 1.43 bits per heavy atom. The van der Waals surface area contributed by atoms with Gasteiger partial charge in [-0.05, 0) is 180 Å². The van der Waals surface area contributed by atoms with E-state index in [2.05, 4.69) is 123 Å². The van der Waals surface area contributed by atoms with E-state index in [9.17, 15) is 0 Å². The van der Waals surface area contributed by atoms with E-state index in [4.69, 9.17) is 13.6 Å². The second-order valence-corrected chi connectivity index (χ2v) is 17.6. The molecule has 3 nitrogen and oxygen atoms in total. The number of rotatable bonds is 8. The fourth-order valence-electron chi connectivity index (χ4n) is 7.92. The van der Waals surface area contributed by atoms with Crippen LogP contribution < -0.4 is 10.4 Å². The van der Waals surface area contributed by atoms with Crippen LogP contribution >= 0.6 is 0 Å². The maximum Gasteiger partial charge on any atom is 0.334 e. The molecule has 0 amide bonds. The van der Waals surface area contributed by atoms with Gasteiger partial charge in [0.25, 0.3) is 0 Å². The molecule has 1 aliphatic rings. The Hall–Kier alpha value is -4.06. The topological polar surface area (TPSA) is 27.7 Å². The van der Waals surface area contributed by atoms with Crippen molar-refractivity contribution in [2.75, 3.05) is 21.3 Å². The molecule has 0 spiro atoms. The summed E-state index contributed by atoms with van der Waals surface area (Å²) in [6.07, 6.45) is 7.97. The molecule has 0 bridgehead atoms. The zero-order valence-electron chi connectivity index (χ0n) is 28.0. The smallest absolute Gasteiger partial charge is 0.334 e. The summed E-state index contributed by atoms with van der Waals surface area (Å²) in [5.74, 6) is 0. The molecule has 2 unspecified atom stereocenters. The molecule has 0 fully saturated rings. The van der Waals surface area contributed by atoms with Crippen molar-refractivity contribution in [2.24, 2.45) is 5.41 Å². The number of ether oxygens (including phenoxy) is 1. The minimum absolute atomic E-state index is 0.0713. The molecule has 7 aromatic carbocycles. The largest absolute Gasteiger partial charge is 0.398 e. The molecule has 47 heavy (non-hydrogen) atoms. The van der Waals surface area contributed by atoms with Crippen molar-refractivity contribution in [2.45, 2.75) is 44.9 Å². The summed E-state index contributed by atoms with van der Waals surface area (Å²) in [7, 11) is 3.31. The molecular weight excluding hydrogens is 593 g/mol. The van der Waals surface area contributed by atoms with Gasteiger partial charge in [-0.25, -0.2) is 0 Å². The first-order chi connectivity index (χ1) is 22.8. The molecule has 0 aromatic heterocycles. The maximum atomic E-state index is 6.13. The third-order valence-corrected chi connectivity index (χ3v) is 13.9. The summed E-state index contributed by atoms with van der Waals surface area (Å²) < 4.78 is 17.6. The van der Waals surface area contributed by atoms with Crippen LogP contribution in [0.15, 0.2) is 97.1 Å². The maximum absolute atomic E-state index is 6.13. The molecule has 0 radical (unpaired) electrons. The van der Waals surface area contributed by atoms with E-state index in [1.54, 1.807) is 14.2 Å². The molecule has 4 heteroatoms. The average Bonchev–Trinajstić information content (AvgIpc) is 3.08. The van der Waals surface area contributed by atoms with Gasteiger partial charge in [0.1, 0.15) is 0 Å². The Morgan fingerprint density at radius 2 is 1.00 bits per heavy atom. The first kappa shape index (κ1) is 30.3. The van der Waals surface area contributed by atoms with Crippen LogP contribution in [-0.4, -0.2) is 36.0 Å². The lowest BCUT2D eigenvalue weighted by Crippen LogP contribution is -2.40. The van der Waals surface area contributed by atoms with Crippen molar-refractivity contribution < 1.29 is 13.6 Å². The van der Waals surface area contributed by atoms with Crippen LogP contribution in [0.3, 0.4) is 0 Å². The van der Waals surface area contributed by atoms with Crippen LogP contribution in [0, 0.1) is 5.41 Å². The van der Waals surface area contributed by atoms with E-state index < -0.39 is 8.56 Å². The normalized spacial score (nSPS) is 17.4. The Bertz CT molecular complexity index is 2480. The summed E-state index contributed by atoms with van der Waals surface area (Å²) in [6.45, 7) is 4.48. The monoisotopic (exact) mass is 634 g/mol. The second-order valence-electron chi connectivity index (χ2n) is 14.0. The van der Waals surface area contributed by atoms with Crippen LogP contribution in [0.4, 0.5) is 0 Å². The number of hydrogen-bond acceptors (Lipinski definition) is 3. The van der Waals surface area contributed by atoms with Crippen LogP contribution in [0.2, 0.25) is 12.6 Å². The van der Waals surface area contributed by atoms with Gasteiger partial charge in [0, 0.05) is 26.7 Å². The molecule has 7 aromatic rings. The molecular formula is C43H42O3Si.